The predicted molar refractivity (Wildman–Crippen MR) is 43.9 cm³/mol. The average Bonchev–Trinajstić information content (AvgIpc) is 1.83. The number of piperazine rings is 1. The molecule has 1 aliphatic rings. The summed E-state index contributed by atoms with van der Waals surface area (Å²) in [5.74, 6) is 0. The van der Waals surface area contributed by atoms with Crippen LogP contribution in [0, 0.1) is 0 Å². The lowest BCUT2D eigenvalue weighted by molar-refractivity contribution is 0.168. The van der Waals surface area contributed by atoms with Crippen LogP contribution < -0.4 is 5.32 Å². The van der Waals surface area contributed by atoms with E-state index < -0.39 is 0 Å². The van der Waals surface area contributed by atoms with E-state index >= 15 is 0 Å². The third-order valence-electron chi connectivity index (χ3n) is 2.27. The second-order valence-electron chi connectivity index (χ2n) is 3.54. The molecular weight excluding hydrogens is 124 g/mol. The van der Waals surface area contributed by atoms with E-state index in [-0.39, 0.29) is 5.54 Å². The van der Waals surface area contributed by atoms with Gasteiger partial charge in [-0.05, 0) is 13.8 Å². The van der Waals surface area contributed by atoms with Crippen LogP contribution in [0.5, 0.6) is 0 Å². The molecule has 1 fully saturated rings. The van der Waals surface area contributed by atoms with E-state index in [4.69, 9.17) is 0 Å². The summed E-state index contributed by atoms with van der Waals surface area (Å²) in [5, 5.41) is 3.31. The van der Waals surface area contributed by atoms with Crippen molar-refractivity contribution in [3.63, 3.8) is 0 Å². The minimum atomic E-state index is 0.231. The molecule has 0 spiro atoms. The van der Waals surface area contributed by atoms with Gasteiger partial charge in [-0.1, -0.05) is 6.58 Å². The van der Waals surface area contributed by atoms with Crippen molar-refractivity contribution in [2.45, 2.75) is 19.4 Å². The minimum absolute atomic E-state index is 0.231. The zero-order chi connectivity index (χ0) is 7.78. The van der Waals surface area contributed by atoms with Crippen molar-refractivity contribution in [3.8, 4) is 0 Å². The number of nitrogens with zero attached hydrogens (tertiary/aromatic N) is 1. The Morgan fingerprint density at radius 1 is 1.60 bits per heavy atom. The van der Waals surface area contributed by atoms with Gasteiger partial charge in [-0.15, -0.1) is 0 Å². The first-order valence-electron chi connectivity index (χ1n) is 3.66. The Morgan fingerprint density at radius 3 is 2.60 bits per heavy atom. The zero-order valence-corrected chi connectivity index (χ0v) is 7.07. The van der Waals surface area contributed by atoms with Crippen LogP contribution in [0.1, 0.15) is 13.8 Å². The summed E-state index contributed by atoms with van der Waals surface area (Å²) in [4.78, 5) is 2.24. The summed E-state index contributed by atoms with van der Waals surface area (Å²) in [5.41, 5.74) is 1.41. The van der Waals surface area contributed by atoms with Gasteiger partial charge in [0.25, 0.3) is 0 Å². The Bertz CT molecular complexity index is 149. The summed E-state index contributed by atoms with van der Waals surface area (Å²) in [6.45, 7) is 10.4. The molecule has 0 unspecified atom stereocenters. The van der Waals surface area contributed by atoms with Gasteiger partial charge in [-0.2, -0.15) is 0 Å². The average molecular weight is 140 g/mol. The van der Waals surface area contributed by atoms with Gasteiger partial charge >= 0.3 is 0 Å². The van der Waals surface area contributed by atoms with Gasteiger partial charge < -0.3 is 10.2 Å². The first-order valence-corrected chi connectivity index (χ1v) is 3.66. The Labute approximate surface area is 62.9 Å². The maximum atomic E-state index is 3.95. The molecule has 0 aromatic carbocycles. The van der Waals surface area contributed by atoms with Gasteiger partial charge in [0.15, 0.2) is 0 Å². The molecular formula is C8H16N2. The number of hydrogen-bond donors (Lipinski definition) is 1. The second-order valence-corrected chi connectivity index (χ2v) is 3.54. The van der Waals surface area contributed by atoms with E-state index in [0.29, 0.717) is 0 Å². The Hall–Kier alpha value is -0.500. The highest BCUT2D eigenvalue weighted by Crippen LogP contribution is 2.18. The van der Waals surface area contributed by atoms with Crippen molar-refractivity contribution in [3.05, 3.63) is 12.3 Å². The van der Waals surface area contributed by atoms with Crippen molar-refractivity contribution in [1.82, 2.24) is 10.2 Å². The van der Waals surface area contributed by atoms with E-state index in [1.165, 1.54) is 5.70 Å². The summed E-state index contributed by atoms with van der Waals surface area (Å²) in [6, 6.07) is 0. The van der Waals surface area contributed by atoms with Crippen LogP contribution in [0.3, 0.4) is 0 Å². The Kier molecular flexibility index (Phi) is 1.73. The van der Waals surface area contributed by atoms with E-state index in [2.05, 4.69) is 37.7 Å². The highest BCUT2D eigenvalue weighted by atomic mass is 15.2. The molecule has 1 rings (SSSR count). The van der Waals surface area contributed by atoms with Gasteiger partial charge in [-0.25, -0.2) is 0 Å². The van der Waals surface area contributed by atoms with Crippen LogP contribution in [0.4, 0.5) is 0 Å². The summed E-state index contributed by atoms with van der Waals surface area (Å²) in [7, 11) is 2.10. The fraction of sp³-hybridized carbons (Fsp3) is 0.750. The first kappa shape index (κ1) is 7.61. The molecule has 0 atom stereocenters. The van der Waals surface area contributed by atoms with Crippen molar-refractivity contribution in [1.29, 1.82) is 0 Å². The molecule has 10 heavy (non-hydrogen) atoms. The van der Waals surface area contributed by atoms with Crippen LogP contribution in [-0.2, 0) is 0 Å². The highest BCUT2D eigenvalue weighted by Gasteiger charge is 2.27. The van der Waals surface area contributed by atoms with Crippen LogP contribution in [-0.4, -0.2) is 30.6 Å². The largest absolute Gasteiger partial charge is 0.371 e. The molecule has 2 heteroatoms. The van der Waals surface area contributed by atoms with Crippen molar-refractivity contribution < 1.29 is 0 Å². The Balaban J connectivity index is 2.69. The molecule has 1 aliphatic heterocycles. The van der Waals surface area contributed by atoms with Gasteiger partial charge in [0.1, 0.15) is 0 Å². The van der Waals surface area contributed by atoms with Crippen molar-refractivity contribution in [2.24, 2.45) is 0 Å². The minimum Gasteiger partial charge on any atom is -0.371 e. The molecule has 0 amide bonds. The molecule has 1 saturated heterocycles. The van der Waals surface area contributed by atoms with Gasteiger partial charge in [0, 0.05) is 31.4 Å². The van der Waals surface area contributed by atoms with Crippen molar-refractivity contribution >= 4 is 0 Å². The molecule has 1 heterocycles. The highest BCUT2D eigenvalue weighted by molar-refractivity contribution is 5.06. The molecule has 2 nitrogen and oxygen atoms in total. The number of hydrogen-bond acceptors (Lipinski definition) is 2. The molecule has 58 valence electrons. The van der Waals surface area contributed by atoms with Crippen molar-refractivity contribution in [2.75, 3.05) is 20.1 Å². The molecule has 0 saturated carbocycles. The maximum absolute atomic E-state index is 3.95. The molecule has 0 radical (unpaired) electrons. The molecule has 1 N–H and O–H groups in total. The SMILES string of the molecule is C=C1CNCC(C)(C)N1C. The summed E-state index contributed by atoms with van der Waals surface area (Å²) < 4.78 is 0. The number of nitrogens with one attached hydrogen (secondary N) is 1. The lowest BCUT2D eigenvalue weighted by Crippen LogP contribution is -2.54. The van der Waals surface area contributed by atoms with Gasteiger partial charge in [0.2, 0.25) is 0 Å². The molecule has 0 aliphatic carbocycles. The van der Waals surface area contributed by atoms with E-state index in [9.17, 15) is 0 Å². The lowest BCUT2D eigenvalue weighted by atomic mass is 10.0. The Morgan fingerprint density at radius 2 is 2.20 bits per heavy atom. The van der Waals surface area contributed by atoms with Crippen LogP contribution in [0.2, 0.25) is 0 Å². The standard InChI is InChI=1S/C8H16N2/c1-7-5-9-6-8(2,3)10(7)4/h9H,1,5-6H2,2-4H3. The summed E-state index contributed by atoms with van der Waals surface area (Å²) in [6.07, 6.45) is 0. The fourth-order valence-electron chi connectivity index (χ4n) is 1.18. The van der Waals surface area contributed by atoms with E-state index in [1.807, 2.05) is 0 Å². The smallest absolute Gasteiger partial charge is 0.0464 e. The van der Waals surface area contributed by atoms with E-state index in [1.54, 1.807) is 0 Å². The van der Waals surface area contributed by atoms with Gasteiger partial charge in [0.05, 0.1) is 0 Å². The second kappa shape index (κ2) is 2.27. The van der Waals surface area contributed by atoms with Crippen LogP contribution in [0.15, 0.2) is 12.3 Å². The lowest BCUT2D eigenvalue weighted by Gasteiger charge is -2.43. The molecule has 0 aromatic rings. The van der Waals surface area contributed by atoms with Crippen LogP contribution in [0.25, 0.3) is 0 Å². The third kappa shape index (κ3) is 1.16. The summed E-state index contributed by atoms with van der Waals surface area (Å²) >= 11 is 0. The van der Waals surface area contributed by atoms with Gasteiger partial charge in [-0.3, -0.25) is 0 Å². The van der Waals surface area contributed by atoms with E-state index in [0.717, 1.165) is 13.1 Å². The maximum Gasteiger partial charge on any atom is 0.0464 e. The fourth-order valence-corrected chi connectivity index (χ4v) is 1.18. The topological polar surface area (TPSA) is 15.3 Å². The van der Waals surface area contributed by atoms with Crippen LogP contribution >= 0.6 is 0 Å². The number of likely N-dealkylation sites (N-methyl/N-ethyl adjacent to an activating group) is 1. The first-order chi connectivity index (χ1) is 4.54. The zero-order valence-electron chi connectivity index (χ0n) is 7.07. The molecule has 0 aromatic heterocycles. The predicted octanol–water partition coefficient (Wildman–Crippen LogP) is 0.814. The monoisotopic (exact) mass is 140 g/mol. The normalized spacial score (nSPS) is 25.1. The number of rotatable bonds is 0. The third-order valence-corrected chi connectivity index (χ3v) is 2.27. The molecule has 0 bridgehead atoms. The quantitative estimate of drug-likeness (QED) is 0.536.